The van der Waals surface area contributed by atoms with Gasteiger partial charge in [0.25, 0.3) is 0 Å². The molecule has 0 aliphatic heterocycles. The summed E-state index contributed by atoms with van der Waals surface area (Å²) in [5.41, 5.74) is 4.05. The quantitative estimate of drug-likeness (QED) is 0.636. The number of carbonyl (C=O) groups is 2. The fourth-order valence-corrected chi connectivity index (χ4v) is 3.23. The first kappa shape index (κ1) is 21.5. The Morgan fingerprint density at radius 1 is 0.857 bits per heavy atom. The highest BCUT2D eigenvalue weighted by molar-refractivity contribution is 5.91. The van der Waals surface area contributed by atoms with Crippen molar-refractivity contribution in [2.75, 3.05) is 11.9 Å². The van der Waals surface area contributed by atoms with Gasteiger partial charge in [-0.1, -0.05) is 76.2 Å². The van der Waals surface area contributed by atoms with Gasteiger partial charge in [-0.2, -0.15) is 0 Å². The van der Waals surface area contributed by atoms with Crippen molar-refractivity contribution >= 4 is 17.6 Å². The Morgan fingerprint density at radius 2 is 1.43 bits per heavy atom. The Morgan fingerprint density at radius 3 is 1.93 bits per heavy atom. The van der Waals surface area contributed by atoms with Crippen LogP contribution in [0.25, 0.3) is 0 Å². The second kappa shape index (κ2) is 9.93. The number of amides is 3. The van der Waals surface area contributed by atoms with Gasteiger partial charge in [0.15, 0.2) is 0 Å². The first-order chi connectivity index (χ1) is 13.3. The molecular weight excluding hydrogens is 350 g/mol. The summed E-state index contributed by atoms with van der Waals surface area (Å²) in [6, 6.07) is 15.2. The third-order valence-electron chi connectivity index (χ3n) is 4.66. The zero-order valence-electron chi connectivity index (χ0n) is 17.4. The molecule has 1 atom stereocenters. The fourth-order valence-electron chi connectivity index (χ4n) is 3.23. The summed E-state index contributed by atoms with van der Waals surface area (Å²) >= 11 is 0. The number of benzene rings is 2. The fraction of sp³-hybridized carbons (Fsp3) is 0.391. The normalized spacial score (nSPS) is 12.0. The van der Waals surface area contributed by atoms with Crippen molar-refractivity contribution in [1.29, 1.82) is 0 Å². The highest BCUT2D eigenvalue weighted by atomic mass is 16.2. The Balaban J connectivity index is 2.14. The van der Waals surface area contributed by atoms with Crippen LogP contribution in [0.1, 0.15) is 69.2 Å². The van der Waals surface area contributed by atoms with E-state index >= 15 is 0 Å². The van der Waals surface area contributed by atoms with Crippen LogP contribution in [-0.2, 0) is 4.79 Å². The monoisotopic (exact) mass is 381 g/mol. The van der Waals surface area contributed by atoms with Crippen LogP contribution < -0.4 is 16.0 Å². The Hall–Kier alpha value is -2.82. The molecule has 3 amide bonds. The van der Waals surface area contributed by atoms with E-state index in [1.807, 2.05) is 36.4 Å². The first-order valence-corrected chi connectivity index (χ1v) is 9.79. The average Bonchev–Trinajstić information content (AvgIpc) is 2.65. The molecule has 2 aromatic carbocycles. The molecule has 28 heavy (non-hydrogen) atoms. The van der Waals surface area contributed by atoms with E-state index in [4.69, 9.17) is 0 Å². The van der Waals surface area contributed by atoms with Crippen LogP contribution >= 0.6 is 0 Å². The molecule has 0 spiro atoms. The third kappa shape index (κ3) is 5.84. The van der Waals surface area contributed by atoms with Crippen molar-refractivity contribution in [2.45, 2.75) is 52.5 Å². The molecule has 0 aromatic heterocycles. The van der Waals surface area contributed by atoms with E-state index in [1.54, 1.807) is 0 Å². The lowest BCUT2D eigenvalue weighted by molar-refractivity contribution is -0.119. The maximum atomic E-state index is 12.6. The molecule has 0 aliphatic carbocycles. The van der Waals surface area contributed by atoms with E-state index in [2.05, 4.69) is 55.8 Å². The van der Waals surface area contributed by atoms with Gasteiger partial charge in [-0.15, -0.1) is 0 Å². The largest absolute Gasteiger partial charge is 0.348 e. The molecule has 0 aliphatic rings. The Kier molecular flexibility index (Phi) is 7.61. The second-order valence-corrected chi connectivity index (χ2v) is 7.62. The Labute approximate surface area is 167 Å². The van der Waals surface area contributed by atoms with E-state index in [0.29, 0.717) is 18.4 Å². The molecule has 0 fully saturated rings. The van der Waals surface area contributed by atoms with Crippen molar-refractivity contribution in [3.05, 3.63) is 65.2 Å². The molecule has 5 heteroatoms. The van der Waals surface area contributed by atoms with Crippen molar-refractivity contribution in [3.63, 3.8) is 0 Å². The van der Waals surface area contributed by atoms with E-state index in [0.717, 1.165) is 22.4 Å². The van der Waals surface area contributed by atoms with Gasteiger partial charge in [0.2, 0.25) is 5.91 Å². The minimum absolute atomic E-state index is 0.136. The van der Waals surface area contributed by atoms with Crippen LogP contribution in [0.15, 0.2) is 48.5 Å². The van der Waals surface area contributed by atoms with Gasteiger partial charge in [0.05, 0.1) is 6.04 Å². The lowest BCUT2D eigenvalue weighted by Gasteiger charge is -2.22. The van der Waals surface area contributed by atoms with Gasteiger partial charge < -0.3 is 16.0 Å². The minimum Gasteiger partial charge on any atom is -0.348 e. The summed E-state index contributed by atoms with van der Waals surface area (Å²) in [4.78, 5) is 24.2. The number of para-hydroxylation sites is 1. The van der Waals surface area contributed by atoms with Crippen LogP contribution in [0.4, 0.5) is 10.5 Å². The summed E-state index contributed by atoms with van der Waals surface area (Å²) < 4.78 is 0. The molecule has 0 saturated heterocycles. The third-order valence-corrected chi connectivity index (χ3v) is 4.66. The molecule has 5 nitrogen and oxygen atoms in total. The zero-order chi connectivity index (χ0) is 20.7. The number of urea groups is 1. The smallest absolute Gasteiger partial charge is 0.319 e. The van der Waals surface area contributed by atoms with E-state index in [1.165, 1.54) is 6.92 Å². The summed E-state index contributed by atoms with van der Waals surface area (Å²) in [5, 5.41) is 8.84. The minimum atomic E-state index is -0.283. The number of hydrogen-bond donors (Lipinski definition) is 3. The number of nitrogens with one attached hydrogen (secondary N) is 3. The van der Waals surface area contributed by atoms with Gasteiger partial charge in [-0.3, -0.25) is 4.79 Å². The lowest BCUT2D eigenvalue weighted by atomic mass is 9.93. The van der Waals surface area contributed by atoms with Crippen LogP contribution in [0.3, 0.4) is 0 Å². The highest BCUT2D eigenvalue weighted by Gasteiger charge is 2.17. The van der Waals surface area contributed by atoms with Crippen molar-refractivity contribution in [3.8, 4) is 0 Å². The first-order valence-electron chi connectivity index (χ1n) is 9.79. The van der Waals surface area contributed by atoms with E-state index in [-0.39, 0.29) is 18.0 Å². The molecule has 0 radical (unpaired) electrons. The molecule has 150 valence electrons. The van der Waals surface area contributed by atoms with Gasteiger partial charge in [-0.05, 0) is 28.5 Å². The average molecular weight is 382 g/mol. The number of rotatable bonds is 7. The van der Waals surface area contributed by atoms with Gasteiger partial charge in [0, 0.05) is 19.2 Å². The number of carbonyl (C=O) groups excluding carboxylic acids is 2. The van der Waals surface area contributed by atoms with Crippen molar-refractivity contribution < 1.29 is 9.59 Å². The van der Waals surface area contributed by atoms with Crippen LogP contribution in [-0.4, -0.2) is 18.5 Å². The summed E-state index contributed by atoms with van der Waals surface area (Å²) in [7, 11) is 0. The molecule has 2 rings (SSSR count). The summed E-state index contributed by atoms with van der Waals surface area (Å²) in [5.74, 6) is 0.458. The highest BCUT2D eigenvalue weighted by Crippen LogP contribution is 2.32. The number of hydrogen-bond acceptors (Lipinski definition) is 2. The molecular formula is C23H31N3O2. The van der Waals surface area contributed by atoms with Gasteiger partial charge >= 0.3 is 6.03 Å². The van der Waals surface area contributed by atoms with Crippen molar-refractivity contribution in [1.82, 2.24) is 10.6 Å². The van der Waals surface area contributed by atoms with E-state index in [9.17, 15) is 9.59 Å². The molecule has 0 saturated carbocycles. The SMILES string of the molecule is CC(=O)NC(CNC(=O)Nc1c(C(C)C)cccc1C(C)C)c1ccccc1. The maximum Gasteiger partial charge on any atom is 0.319 e. The van der Waals surface area contributed by atoms with Crippen LogP contribution in [0.2, 0.25) is 0 Å². The summed E-state index contributed by atoms with van der Waals surface area (Å²) in [6.45, 7) is 10.2. The predicted octanol–water partition coefficient (Wildman–Crippen LogP) is 4.93. The van der Waals surface area contributed by atoms with Gasteiger partial charge in [0.1, 0.15) is 0 Å². The lowest BCUT2D eigenvalue weighted by Crippen LogP contribution is -2.39. The molecule has 3 N–H and O–H groups in total. The number of anilines is 1. The van der Waals surface area contributed by atoms with Crippen molar-refractivity contribution in [2.24, 2.45) is 0 Å². The van der Waals surface area contributed by atoms with Gasteiger partial charge in [-0.25, -0.2) is 4.79 Å². The van der Waals surface area contributed by atoms with Crippen LogP contribution in [0, 0.1) is 0 Å². The summed E-state index contributed by atoms with van der Waals surface area (Å²) in [6.07, 6.45) is 0. The predicted molar refractivity (Wildman–Crippen MR) is 115 cm³/mol. The molecule has 0 heterocycles. The molecule has 2 aromatic rings. The van der Waals surface area contributed by atoms with E-state index < -0.39 is 0 Å². The maximum absolute atomic E-state index is 12.6. The Bertz CT molecular complexity index is 774. The standard InChI is InChI=1S/C23H31N3O2/c1-15(2)19-12-9-13-20(16(3)4)22(19)26-23(28)24-14-21(25-17(5)27)18-10-7-6-8-11-18/h6-13,15-16,21H,14H2,1-5H3,(H,25,27)(H2,24,26,28). The zero-order valence-corrected chi connectivity index (χ0v) is 17.4. The van der Waals surface area contributed by atoms with Crippen LogP contribution in [0.5, 0.6) is 0 Å². The molecule has 0 bridgehead atoms. The molecule has 1 unspecified atom stereocenters. The second-order valence-electron chi connectivity index (χ2n) is 7.62. The topological polar surface area (TPSA) is 70.2 Å².